The van der Waals surface area contributed by atoms with Crippen LogP contribution in [-0.2, 0) is 0 Å². The van der Waals surface area contributed by atoms with Gasteiger partial charge in [-0.3, -0.25) is 0 Å². The van der Waals surface area contributed by atoms with Gasteiger partial charge in [0.25, 0.3) is 0 Å². The number of benzene rings is 1. The number of imidazole rings is 1. The van der Waals surface area contributed by atoms with E-state index < -0.39 is 0 Å². The predicted molar refractivity (Wildman–Crippen MR) is 85.2 cm³/mol. The van der Waals surface area contributed by atoms with E-state index in [4.69, 9.17) is 4.74 Å². The van der Waals surface area contributed by atoms with Crippen LogP contribution in [0, 0.1) is 0 Å². The van der Waals surface area contributed by atoms with Crippen LogP contribution in [0.15, 0.2) is 46.6 Å². The molecule has 0 aliphatic heterocycles. The van der Waals surface area contributed by atoms with E-state index in [1.54, 1.807) is 25.1 Å². The molecule has 3 rings (SSSR count). The summed E-state index contributed by atoms with van der Waals surface area (Å²) >= 11 is 1.58. The van der Waals surface area contributed by atoms with Crippen molar-refractivity contribution in [1.82, 2.24) is 15.0 Å². The Bertz CT molecular complexity index is 756. The third kappa shape index (κ3) is 3.11. The lowest BCUT2D eigenvalue weighted by Crippen LogP contribution is -1.98. The molecule has 0 amide bonds. The van der Waals surface area contributed by atoms with E-state index >= 15 is 0 Å². The molecular formula is C15H16N4OS. The lowest BCUT2D eigenvalue weighted by Gasteiger charge is -2.03. The van der Waals surface area contributed by atoms with E-state index in [1.165, 1.54) is 0 Å². The van der Waals surface area contributed by atoms with E-state index in [1.807, 2.05) is 37.3 Å². The molecule has 0 saturated heterocycles. The summed E-state index contributed by atoms with van der Waals surface area (Å²) in [5.41, 5.74) is 1.90. The number of methoxy groups -OCH3 is 1. The summed E-state index contributed by atoms with van der Waals surface area (Å²) in [7, 11) is 1.66. The minimum absolute atomic E-state index is 0.820. The van der Waals surface area contributed by atoms with E-state index in [0.717, 1.165) is 39.2 Å². The van der Waals surface area contributed by atoms with Crippen molar-refractivity contribution in [3.63, 3.8) is 0 Å². The number of pyridine rings is 1. The van der Waals surface area contributed by atoms with E-state index in [9.17, 15) is 0 Å². The number of fused-ring (bicyclic) bond motifs is 1. The molecule has 5 nitrogen and oxygen atoms in total. The molecule has 0 aliphatic rings. The number of anilines is 1. The van der Waals surface area contributed by atoms with E-state index in [2.05, 4.69) is 20.3 Å². The van der Waals surface area contributed by atoms with Crippen LogP contribution in [-0.4, -0.2) is 28.6 Å². The van der Waals surface area contributed by atoms with Crippen LogP contribution in [0.4, 0.5) is 5.82 Å². The summed E-state index contributed by atoms with van der Waals surface area (Å²) in [4.78, 5) is 13.2. The summed E-state index contributed by atoms with van der Waals surface area (Å²) in [6.07, 6.45) is 1.80. The molecular weight excluding hydrogens is 284 g/mol. The Morgan fingerprint density at radius 1 is 1.29 bits per heavy atom. The summed E-state index contributed by atoms with van der Waals surface area (Å²) in [6.45, 7) is 2.90. The first kappa shape index (κ1) is 13.8. The second kappa shape index (κ2) is 6.05. The summed E-state index contributed by atoms with van der Waals surface area (Å²) < 4.78 is 5.22. The van der Waals surface area contributed by atoms with Crippen LogP contribution in [0.5, 0.6) is 5.75 Å². The van der Waals surface area contributed by atoms with Crippen LogP contribution < -0.4 is 10.1 Å². The molecule has 3 aromatic rings. The van der Waals surface area contributed by atoms with Crippen LogP contribution in [0.25, 0.3) is 11.0 Å². The maximum atomic E-state index is 5.22. The zero-order chi connectivity index (χ0) is 14.7. The Morgan fingerprint density at radius 2 is 2.19 bits per heavy atom. The Balaban J connectivity index is 1.85. The van der Waals surface area contributed by atoms with Crippen molar-refractivity contribution < 1.29 is 4.74 Å². The first-order chi connectivity index (χ1) is 10.3. The Kier molecular flexibility index (Phi) is 3.96. The smallest absolute Gasteiger partial charge is 0.171 e. The molecule has 2 aromatic heterocycles. The van der Waals surface area contributed by atoms with Gasteiger partial charge in [-0.15, -0.1) is 0 Å². The third-order valence-electron chi connectivity index (χ3n) is 2.97. The van der Waals surface area contributed by atoms with E-state index in [-0.39, 0.29) is 0 Å². The first-order valence-corrected chi connectivity index (χ1v) is 7.51. The van der Waals surface area contributed by atoms with Crippen molar-refractivity contribution in [1.29, 1.82) is 0 Å². The number of aromatic amines is 1. The maximum absolute atomic E-state index is 5.22. The van der Waals surface area contributed by atoms with Crippen molar-refractivity contribution in [3.8, 4) is 5.75 Å². The number of ether oxygens (including phenoxy) is 1. The minimum atomic E-state index is 0.820. The molecule has 21 heavy (non-hydrogen) atoms. The van der Waals surface area contributed by atoms with Crippen molar-refractivity contribution in [3.05, 3.63) is 36.5 Å². The summed E-state index contributed by atoms with van der Waals surface area (Å²) in [5.74, 6) is 1.70. The molecule has 0 spiro atoms. The van der Waals surface area contributed by atoms with Gasteiger partial charge in [-0.05, 0) is 31.2 Å². The number of aromatic nitrogens is 3. The molecule has 6 heteroatoms. The van der Waals surface area contributed by atoms with Gasteiger partial charge in [0.05, 0.1) is 18.1 Å². The van der Waals surface area contributed by atoms with Crippen molar-refractivity contribution in [2.75, 3.05) is 19.0 Å². The standard InChI is InChI=1S/C15H16N4OS/c1-3-16-14-9-11(6-7-17-14)21-15-18-12-5-4-10(20-2)8-13(12)19-15/h4-9H,3H2,1-2H3,(H,16,17)(H,18,19). The molecule has 0 saturated carbocycles. The highest BCUT2D eigenvalue weighted by atomic mass is 32.2. The average molecular weight is 300 g/mol. The molecule has 108 valence electrons. The number of H-pyrrole nitrogens is 1. The fraction of sp³-hybridized carbons (Fsp3) is 0.200. The molecule has 0 atom stereocenters. The third-order valence-corrected chi connectivity index (χ3v) is 3.85. The fourth-order valence-corrected chi connectivity index (χ4v) is 2.83. The normalized spacial score (nSPS) is 10.8. The van der Waals surface area contributed by atoms with Gasteiger partial charge in [-0.1, -0.05) is 11.8 Å². The quantitative estimate of drug-likeness (QED) is 0.754. The highest BCUT2D eigenvalue weighted by Crippen LogP contribution is 2.29. The average Bonchev–Trinajstić information content (AvgIpc) is 2.89. The molecule has 0 radical (unpaired) electrons. The summed E-state index contributed by atoms with van der Waals surface area (Å²) in [5, 5.41) is 4.06. The lowest BCUT2D eigenvalue weighted by atomic mass is 10.3. The van der Waals surface area contributed by atoms with Crippen molar-refractivity contribution >= 4 is 28.6 Å². The number of rotatable bonds is 5. The lowest BCUT2D eigenvalue weighted by molar-refractivity contribution is 0.415. The second-order valence-electron chi connectivity index (χ2n) is 4.43. The molecule has 0 fully saturated rings. The minimum Gasteiger partial charge on any atom is -0.497 e. The van der Waals surface area contributed by atoms with Gasteiger partial charge in [0.1, 0.15) is 11.6 Å². The van der Waals surface area contributed by atoms with Crippen LogP contribution in [0.1, 0.15) is 6.92 Å². The largest absolute Gasteiger partial charge is 0.497 e. The van der Waals surface area contributed by atoms with Gasteiger partial charge >= 0.3 is 0 Å². The fourth-order valence-electron chi connectivity index (χ4n) is 2.00. The van der Waals surface area contributed by atoms with Gasteiger partial charge < -0.3 is 15.0 Å². The highest BCUT2D eigenvalue weighted by Gasteiger charge is 2.06. The van der Waals surface area contributed by atoms with Crippen LogP contribution in [0.2, 0.25) is 0 Å². The molecule has 0 bridgehead atoms. The highest BCUT2D eigenvalue weighted by molar-refractivity contribution is 7.99. The molecule has 0 unspecified atom stereocenters. The molecule has 0 aliphatic carbocycles. The number of hydrogen-bond donors (Lipinski definition) is 2. The summed E-state index contributed by atoms with van der Waals surface area (Å²) in [6, 6.07) is 9.79. The van der Waals surface area contributed by atoms with Gasteiger partial charge in [0.15, 0.2) is 5.16 Å². The van der Waals surface area contributed by atoms with Crippen LogP contribution >= 0.6 is 11.8 Å². The second-order valence-corrected chi connectivity index (χ2v) is 5.50. The number of nitrogens with one attached hydrogen (secondary N) is 2. The predicted octanol–water partition coefficient (Wildman–Crippen LogP) is 3.55. The topological polar surface area (TPSA) is 62.8 Å². The van der Waals surface area contributed by atoms with E-state index in [0.29, 0.717) is 0 Å². The Morgan fingerprint density at radius 3 is 3.00 bits per heavy atom. The zero-order valence-corrected chi connectivity index (χ0v) is 12.7. The zero-order valence-electron chi connectivity index (χ0n) is 11.9. The Hall–Kier alpha value is -2.21. The number of hydrogen-bond acceptors (Lipinski definition) is 5. The first-order valence-electron chi connectivity index (χ1n) is 6.70. The number of nitrogens with zero attached hydrogens (tertiary/aromatic N) is 2. The van der Waals surface area contributed by atoms with Gasteiger partial charge in [-0.2, -0.15) is 0 Å². The molecule has 1 aromatic carbocycles. The van der Waals surface area contributed by atoms with Gasteiger partial charge in [0.2, 0.25) is 0 Å². The van der Waals surface area contributed by atoms with Gasteiger partial charge in [-0.25, -0.2) is 9.97 Å². The van der Waals surface area contributed by atoms with Crippen molar-refractivity contribution in [2.24, 2.45) is 0 Å². The van der Waals surface area contributed by atoms with Crippen LogP contribution in [0.3, 0.4) is 0 Å². The Labute approximate surface area is 127 Å². The monoisotopic (exact) mass is 300 g/mol. The SMILES string of the molecule is CCNc1cc(Sc2nc3ccc(OC)cc3[nH]2)ccn1. The molecule has 2 heterocycles. The maximum Gasteiger partial charge on any atom is 0.171 e. The van der Waals surface area contributed by atoms with Crippen molar-refractivity contribution in [2.45, 2.75) is 17.0 Å². The van der Waals surface area contributed by atoms with Gasteiger partial charge in [0, 0.05) is 23.7 Å². The molecule has 2 N–H and O–H groups in total.